The summed E-state index contributed by atoms with van der Waals surface area (Å²) in [6.45, 7) is 2.44. The van der Waals surface area contributed by atoms with E-state index in [2.05, 4.69) is 14.6 Å². The molecule has 0 saturated carbocycles. The molecule has 9 heteroatoms. The number of halogens is 3. The monoisotopic (exact) mass is 424 g/mol. The van der Waals surface area contributed by atoms with Gasteiger partial charge in [-0.25, -0.2) is 4.79 Å². The van der Waals surface area contributed by atoms with Crippen molar-refractivity contribution in [3.63, 3.8) is 0 Å². The number of carbonyl (C=O) groups excluding carboxylic acids is 1. The van der Waals surface area contributed by atoms with E-state index in [1.54, 1.807) is 12.4 Å². The molecule has 1 aromatic heterocycles. The Hall–Kier alpha value is -2.65. The topological polar surface area (TPSA) is 60.9 Å². The molecule has 0 spiro atoms. The number of aromatic nitrogens is 1. The fraction of sp³-hybridized carbons (Fsp3) is 0.429. The minimum Gasteiger partial charge on any atom is -0.477 e. The molecule has 1 fully saturated rings. The highest BCUT2D eigenvalue weighted by molar-refractivity contribution is 5.75. The average molecular weight is 424 g/mol. The first-order valence-electron chi connectivity index (χ1n) is 9.63. The van der Waals surface area contributed by atoms with Gasteiger partial charge in [0.2, 0.25) is 0 Å². The number of hydrogen-bond donors (Lipinski definition) is 0. The molecular weight excluding hydrogens is 401 g/mol. The SMILES string of the molecule is O=C(OCCOCCc1cccc(-c2cncc(OCN3CCC3)c2)c1)C(F)(F)F. The van der Waals surface area contributed by atoms with E-state index in [0.29, 0.717) is 25.5 Å². The van der Waals surface area contributed by atoms with Crippen LogP contribution in [0.1, 0.15) is 12.0 Å². The summed E-state index contributed by atoms with van der Waals surface area (Å²) in [6, 6.07) is 9.77. The van der Waals surface area contributed by atoms with E-state index in [0.717, 1.165) is 29.8 Å². The van der Waals surface area contributed by atoms with Gasteiger partial charge in [0.05, 0.1) is 19.4 Å². The minimum atomic E-state index is -4.98. The standard InChI is InChI=1S/C21H23F3N2O4/c22-21(23,24)20(27)29-10-9-28-8-5-16-3-1-4-17(11-16)18-12-19(14-25-13-18)30-15-26-6-2-7-26/h1,3-4,11-14H,2,5-10,15H2. The zero-order valence-corrected chi connectivity index (χ0v) is 16.4. The summed E-state index contributed by atoms with van der Waals surface area (Å²) in [5.74, 6) is -1.50. The normalized spacial score (nSPS) is 14.2. The zero-order chi connectivity index (χ0) is 21.4. The summed E-state index contributed by atoms with van der Waals surface area (Å²) in [7, 11) is 0. The van der Waals surface area contributed by atoms with Crippen LogP contribution in [0.4, 0.5) is 13.2 Å². The number of benzene rings is 1. The van der Waals surface area contributed by atoms with Gasteiger partial charge in [0.15, 0.2) is 0 Å². The summed E-state index contributed by atoms with van der Waals surface area (Å²) >= 11 is 0. The van der Waals surface area contributed by atoms with E-state index in [-0.39, 0.29) is 6.61 Å². The number of likely N-dealkylation sites (tertiary alicyclic amines) is 1. The Morgan fingerprint density at radius 1 is 1.07 bits per heavy atom. The second-order valence-electron chi connectivity index (χ2n) is 6.85. The van der Waals surface area contributed by atoms with Gasteiger partial charge in [0, 0.05) is 24.8 Å². The Bertz CT molecular complexity index is 841. The highest BCUT2D eigenvalue weighted by Crippen LogP contribution is 2.24. The van der Waals surface area contributed by atoms with Gasteiger partial charge in [-0.1, -0.05) is 24.3 Å². The van der Waals surface area contributed by atoms with Gasteiger partial charge in [0.25, 0.3) is 0 Å². The first-order valence-corrected chi connectivity index (χ1v) is 9.63. The Morgan fingerprint density at radius 2 is 1.90 bits per heavy atom. The van der Waals surface area contributed by atoms with Crippen molar-refractivity contribution in [2.75, 3.05) is 39.6 Å². The van der Waals surface area contributed by atoms with Crippen LogP contribution in [0.5, 0.6) is 5.75 Å². The Balaban J connectivity index is 1.45. The number of ether oxygens (including phenoxy) is 3. The van der Waals surface area contributed by atoms with Crippen molar-refractivity contribution in [2.24, 2.45) is 0 Å². The number of nitrogens with zero attached hydrogens (tertiary/aromatic N) is 2. The van der Waals surface area contributed by atoms with Crippen LogP contribution in [0.2, 0.25) is 0 Å². The minimum absolute atomic E-state index is 0.0954. The third kappa shape index (κ3) is 6.70. The molecular formula is C21H23F3N2O4. The smallest absolute Gasteiger partial charge is 0.477 e. The van der Waals surface area contributed by atoms with Gasteiger partial charge in [-0.05, 0) is 30.0 Å². The molecule has 2 heterocycles. The highest BCUT2D eigenvalue weighted by Gasteiger charge is 2.40. The number of esters is 1. The van der Waals surface area contributed by atoms with E-state index in [9.17, 15) is 18.0 Å². The molecule has 0 amide bonds. The molecule has 0 atom stereocenters. The van der Waals surface area contributed by atoms with E-state index in [1.807, 2.05) is 30.3 Å². The molecule has 1 aromatic carbocycles. The molecule has 3 rings (SSSR count). The molecule has 0 N–H and O–H groups in total. The van der Waals surface area contributed by atoms with Crippen LogP contribution >= 0.6 is 0 Å². The number of rotatable bonds is 10. The predicted octanol–water partition coefficient (Wildman–Crippen LogP) is 3.46. The van der Waals surface area contributed by atoms with Crippen molar-refractivity contribution < 1.29 is 32.2 Å². The molecule has 0 radical (unpaired) electrons. The molecule has 6 nitrogen and oxygen atoms in total. The number of hydrogen-bond acceptors (Lipinski definition) is 6. The lowest BCUT2D eigenvalue weighted by Crippen LogP contribution is -2.39. The summed E-state index contributed by atoms with van der Waals surface area (Å²) < 4.78 is 51.2. The highest BCUT2D eigenvalue weighted by atomic mass is 19.4. The maximum absolute atomic E-state index is 12.0. The van der Waals surface area contributed by atoms with Gasteiger partial charge in [-0.2, -0.15) is 13.2 Å². The quantitative estimate of drug-likeness (QED) is 0.430. The molecule has 1 aliphatic rings. The van der Waals surface area contributed by atoms with Crippen molar-refractivity contribution in [2.45, 2.75) is 19.0 Å². The molecule has 1 aliphatic heterocycles. The maximum Gasteiger partial charge on any atom is 0.490 e. The molecule has 2 aromatic rings. The third-order valence-electron chi connectivity index (χ3n) is 4.56. The van der Waals surface area contributed by atoms with Crippen molar-refractivity contribution in [1.82, 2.24) is 9.88 Å². The second kappa shape index (κ2) is 10.4. The van der Waals surface area contributed by atoms with Crippen LogP contribution in [-0.2, 0) is 20.7 Å². The van der Waals surface area contributed by atoms with E-state index in [4.69, 9.17) is 9.47 Å². The largest absolute Gasteiger partial charge is 0.490 e. The fourth-order valence-electron chi connectivity index (χ4n) is 2.81. The average Bonchev–Trinajstić information content (AvgIpc) is 2.69. The van der Waals surface area contributed by atoms with E-state index >= 15 is 0 Å². The molecule has 0 bridgehead atoms. The number of pyridine rings is 1. The Morgan fingerprint density at radius 3 is 2.63 bits per heavy atom. The van der Waals surface area contributed by atoms with E-state index in [1.165, 1.54) is 6.42 Å². The van der Waals surface area contributed by atoms with Crippen LogP contribution in [0.25, 0.3) is 11.1 Å². The Kier molecular flexibility index (Phi) is 7.64. The number of carbonyl (C=O) groups is 1. The fourth-order valence-corrected chi connectivity index (χ4v) is 2.81. The molecule has 1 saturated heterocycles. The predicted molar refractivity (Wildman–Crippen MR) is 103 cm³/mol. The van der Waals surface area contributed by atoms with Crippen LogP contribution in [0, 0.1) is 0 Å². The van der Waals surface area contributed by atoms with Gasteiger partial charge in [-0.15, -0.1) is 0 Å². The van der Waals surface area contributed by atoms with Crippen molar-refractivity contribution in [1.29, 1.82) is 0 Å². The van der Waals surface area contributed by atoms with Crippen molar-refractivity contribution >= 4 is 5.97 Å². The maximum atomic E-state index is 12.0. The van der Waals surface area contributed by atoms with E-state index < -0.39 is 18.8 Å². The van der Waals surface area contributed by atoms with Crippen LogP contribution in [0.3, 0.4) is 0 Å². The van der Waals surface area contributed by atoms with Crippen LogP contribution < -0.4 is 4.74 Å². The van der Waals surface area contributed by atoms with Gasteiger partial charge in [-0.3, -0.25) is 9.88 Å². The summed E-state index contributed by atoms with van der Waals surface area (Å²) in [5, 5.41) is 0. The second-order valence-corrected chi connectivity index (χ2v) is 6.85. The lowest BCUT2D eigenvalue weighted by atomic mass is 10.0. The van der Waals surface area contributed by atoms with Crippen LogP contribution in [0.15, 0.2) is 42.7 Å². The Labute approximate surface area is 172 Å². The first-order chi connectivity index (χ1) is 14.4. The zero-order valence-electron chi connectivity index (χ0n) is 16.4. The summed E-state index contributed by atoms with van der Waals surface area (Å²) in [5.41, 5.74) is 2.91. The van der Waals surface area contributed by atoms with Gasteiger partial charge < -0.3 is 14.2 Å². The summed E-state index contributed by atoms with van der Waals surface area (Å²) in [4.78, 5) is 17.0. The number of alkyl halides is 3. The van der Waals surface area contributed by atoms with Crippen molar-refractivity contribution in [3.05, 3.63) is 48.3 Å². The van der Waals surface area contributed by atoms with Gasteiger partial charge in [0.1, 0.15) is 19.1 Å². The molecule has 30 heavy (non-hydrogen) atoms. The summed E-state index contributed by atoms with van der Waals surface area (Å²) in [6.07, 6.45) is 0.247. The lowest BCUT2D eigenvalue weighted by molar-refractivity contribution is -0.200. The molecule has 0 aliphatic carbocycles. The first kappa shape index (κ1) is 22.0. The molecule has 0 unspecified atom stereocenters. The lowest BCUT2D eigenvalue weighted by Gasteiger charge is -2.30. The van der Waals surface area contributed by atoms with Gasteiger partial charge >= 0.3 is 12.1 Å². The third-order valence-corrected chi connectivity index (χ3v) is 4.56. The van der Waals surface area contributed by atoms with Crippen molar-refractivity contribution in [3.8, 4) is 16.9 Å². The van der Waals surface area contributed by atoms with Crippen LogP contribution in [-0.4, -0.2) is 61.7 Å². The molecule has 162 valence electrons.